The average Bonchev–Trinajstić information content (AvgIpc) is 3.08. The van der Waals surface area contributed by atoms with Crippen LogP contribution in [0.3, 0.4) is 0 Å². The Morgan fingerprint density at radius 2 is 2.14 bits per heavy atom. The molecule has 0 aromatic heterocycles. The van der Waals surface area contributed by atoms with Gasteiger partial charge in [-0.3, -0.25) is 10.1 Å². The average molecular weight is 310 g/mol. The summed E-state index contributed by atoms with van der Waals surface area (Å²) >= 11 is 5.98. The van der Waals surface area contributed by atoms with Crippen molar-refractivity contribution >= 4 is 23.0 Å². The molecule has 1 aliphatic heterocycles. The molecule has 0 amide bonds. The predicted molar refractivity (Wildman–Crippen MR) is 83.9 cm³/mol. The van der Waals surface area contributed by atoms with E-state index in [2.05, 4.69) is 10.6 Å². The highest BCUT2D eigenvalue weighted by Gasteiger charge is 2.34. The van der Waals surface area contributed by atoms with E-state index in [4.69, 9.17) is 11.6 Å². The zero-order valence-corrected chi connectivity index (χ0v) is 12.6. The summed E-state index contributed by atoms with van der Waals surface area (Å²) in [4.78, 5) is 10.3. The Bertz CT molecular complexity index is 532. The van der Waals surface area contributed by atoms with E-state index in [-0.39, 0.29) is 10.7 Å². The lowest BCUT2D eigenvalue weighted by Crippen LogP contribution is -2.38. The summed E-state index contributed by atoms with van der Waals surface area (Å²) in [5.41, 5.74) is 0.836. The standard InChI is InChI=1S/C15H20ClN3O2/c16-12-9-10(6-7-15(12)19(20)21)18-14-4-1-3-11(14)13-5-2-8-17-13/h6-7,9,11,13-14,17-18H,1-5,8H2. The molecule has 1 aromatic carbocycles. The van der Waals surface area contributed by atoms with E-state index < -0.39 is 4.92 Å². The number of nitro groups is 1. The van der Waals surface area contributed by atoms with Crippen molar-refractivity contribution in [3.05, 3.63) is 33.3 Å². The first kappa shape index (κ1) is 14.6. The van der Waals surface area contributed by atoms with Crippen LogP contribution in [0.4, 0.5) is 11.4 Å². The Balaban J connectivity index is 1.70. The van der Waals surface area contributed by atoms with Crippen LogP contribution in [0.15, 0.2) is 18.2 Å². The summed E-state index contributed by atoms with van der Waals surface area (Å²) in [5, 5.41) is 18.1. The smallest absolute Gasteiger partial charge is 0.288 e. The molecule has 0 radical (unpaired) electrons. The highest BCUT2D eigenvalue weighted by Crippen LogP contribution is 2.35. The summed E-state index contributed by atoms with van der Waals surface area (Å²) in [7, 11) is 0. The van der Waals surface area contributed by atoms with Gasteiger partial charge in [-0.2, -0.15) is 0 Å². The number of nitrogens with one attached hydrogen (secondary N) is 2. The molecule has 114 valence electrons. The minimum Gasteiger partial charge on any atom is -0.382 e. The van der Waals surface area contributed by atoms with Crippen molar-refractivity contribution < 1.29 is 4.92 Å². The second-order valence-corrected chi connectivity index (χ2v) is 6.38. The number of halogens is 1. The summed E-state index contributed by atoms with van der Waals surface area (Å²) in [6.07, 6.45) is 6.15. The molecule has 3 rings (SSSR count). The summed E-state index contributed by atoms with van der Waals surface area (Å²) in [5.74, 6) is 0.640. The zero-order valence-electron chi connectivity index (χ0n) is 11.8. The van der Waals surface area contributed by atoms with E-state index in [0.29, 0.717) is 18.0 Å². The van der Waals surface area contributed by atoms with Crippen molar-refractivity contribution in [3.63, 3.8) is 0 Å². The maximum atomic E-state index is 10.8. The highest BCUT2D eigenvalue weighted by molar-refractivity contribution is 6.32. The molecule has 2 N–H and O–H groups in total. The molecule has 1 saturated heterocycles. The number of hydrogen-bond donors (Lipinski definition) is 2. The first-order valence-electron chi connectivity index (χ1n) is 7.59. The Morgan fingerprint density at radius 3 is 2.81 bits per heavy atom. The van der Waals surface area contributed by atoms with Crippen molar-refractivity contribution in [3.8, 4) is 0 Å². The van der Waals surface area contributed by atoms with Gasteiger partial charge in [-0.15, -0.1) is 0 Å². The SMILES string of the molecule is O=[N+]([O-])c1ccc(NC2CCCC2C2CCCN2)cc1Cl. The Hall–Kier alpha value is -1.33. The fourth-order valence-electron chi connectivity index (χ4n) is 3.69. The van der Waals surface area contributed by atoms with Crippen molar-refractivity contribution in [2.45, 2.75) is 44.2 Å². The number of anilines is 1. The van der Waals surface area contributed by atoms with Crippen LogP contribution in [0, 0.1) is 16.0 Å². The first-order chi connectivity index (χ1) is 10.1. The number of benzene rings is 1. The third kappa shape index (κ3) is 3.14. The van der Waals surface area contributed by atoms with Gasteiger partial charge in [0.2, 0.25) is 0 Å². The molecule has 0 spiro atoms. The normalized spacial score (nSPS) is 28.7. The molecular weight excluding hydrogens is 290 g/mol. The number of rotatable bonds is 4. The van der Waals surface area contributed by atoms with Gasteiger partial charge in [-0.25, -0.2) is 0 Å². The largest absolute Gasteiger partial charge is 0.382 e. The van der Waals surface area contributed by atoms with Crippen LogP contribution in [-0.2, 0) is 0 Å². The maximum absolute atomic E-state index is 10.8. The zero-order chi connectivity index (χ0) is 14.8. The Kier molecular flexibility index (Phi) is 4.31. The number of nitrogens with zero attached hydrogens (tertiary/aromatic N) is 1. The Labute approximate surface area is 129 Å². The molecule has 1 heterocycles. The summed E-state index contributed by atoms with van der Waals surface area (Å²) in [6, 6.07) is 5.93. The van der Waals surface area contributed by atoms with Gasteiger partial charge < -0.3 is 10.6 Å². The van der Waals surface area contributed by atoms with E-state index >= 15 is 0 Å². The van der Waals surface area contributed by atoms with Crippen molar-refractivity contribution in [2.24, 2.45) is 5.92 Å². The molecule has 21 heavy (non-hydrogen) atoms. The van der Waals surface area contributed by atoms with Crippen LogP contribution >= 0.6 is 11.6 Å². The van der Waals surface area contributed by atoms with Crippen LogP contribution in [-0.4, -0.2) is 23.6 Å². The van der Waals surface area contributed by atoms with Gasteiger partial charge in [0.15, 0.2) is 0 Å². The van der Waals surface area contributed by atoms with E-state index in [9.17, 15) is 10.1 Å². The molecule has 3 unspecified atom stereocenters. The number of nitro benzene ring substituents is 1. The van der Waals surface area contributed by atoms with Gasteiger partial charge in [0.05, 0.1) is 4.92 Å². The lowest BCUT2D eigenvalue weighted by Gasteiger charge is -2.27. The molecule has 6 heteroatoms. The second kappa shape index (κ2) is 6.20. The van der Waals surface area contributed by atoms with Gasteiger partial charge in [-0.1, -0.05) is 18.0 Å². The van der Waals surface area contributed by atoms with Crippen LogP contribution in [0.2, 0.25) is 5.02 Å². The third-order valence-electron chi connectivity index (χ3n) is 4.68. The molecule has 1 aromatic rings. The quantitative estimate of drug-likeness (QED) is 0.659. The van der Waals surface area contributed by atoms with Gasteiger partial charge in [0.1, 0.15) is 5.02 Å². The molecule has 1 saturated carbocycles. The topological polar surface area (TPSA) is 67.2 Å². The van der Waals surface area contributed by atoms with Gasteiger partial charge >= 0.3 is 0 Å². The van der Waals surface area contributed by atoms with Crippen LogP contribution < -0.4 is 10.6 Å². The van der Waals surface area contributed by atoms with Gasteiger partial charge in [-0.05, 0) is 50.3 Å². The number of hydrogen-bond acceptors (Lipinski definition) is 4. The summed E-state index contributed by atoms with van der Waals surface area (Å²) in [6.45, 7) is 1.12. The van der Waals surface area contributed by atoms with Crippen LogP contribution in [0.25, 0.3) is 0 Å². The Morgan fingerprint density at radius 1 is 1.29 bits per heavy atom. The molecular formula is C15H20ClN3O2. The van der Waals surface area contributed by atoms with Gasteiger partial charge in [0.25, 0.3) is 5.69 Å². The third-order valence-corrected chi connectivity index (χ3v) is 4.98. The molecule has 3 atom stereocenters. The van der Waals surface area contributed by atoms with Crippen molar-refractivity contribution in [1.82, 2.24) is 5.32 Å². The second-order valence-electron chi connectivity index (χ2n) is 5.97. The molecule has 2 fully saturated rings. The molecule has 0 bridgehead atoms. The van der Waals surface area contributed by atoms with E-state index in [0.717, 1.165) is 18.7 Å². The van der Waals surface area contributed by atoms with Gasteiger partial charge in [0, 0.05) is 23.8 Å². The minimum atomic E-state index is -0.451. The maximum Gasteiger partial charge on any atom is 0.288 e. The van der Waals surface area contributed by atoms with Crippen molar-refractivity contribution in [2.75, 3.05) is 11.9 Å². The van der Waals surface area contributed by atoms with Crippen LogP contribution in [0.1, 0.15) is 32.1 Å². The monoisotopic (exact) mass is 309 g/mol. The highest BCUT2D eigenvalue weighted by atomic mass is 35.5. The predicted octanol–water partition coefficient (Wildman–Crippen LogP) is 3.58. The van der Waals surface area contributed by atoms with E-state index in [1.54, 1.807) is 12.1 Å². The molecule has 2 aliphatic rings. The van der Waals surface area contributed by atoms with E-state index in [1.807, 2.05) is 0 Å². The first-order valence-corrected chi connectivity index (χ1v) is 7.97. The lowest BCUT2D eigenvalue weighted by molar-refractivity contribution is -0.384. The minimum absolute atomic E-state index is 0.0392. The van der Waals surface area contributed by atoms with E-state index in [1.165, 1.54) is 31.7 Å². The summed E-state index contributed by atoms with van der Waals surface area (Å²) < 4.78 is 0. The van der Waals surface area contributed by atoms with Crippen LogP contribution in [0.5, 0.6) is 0 Å². The fraction of sp³-hybridized carbons (Fsp3) is 0.600. The van der Waals surface area contributed by atoms with Crippen molar-refractivity contribution in [1.29, 1.82) is 0 Å². The fourth-order valence-corrected chi connectivity index (χ4v) is 3.93. The molecule has 5 nitrogen and oxygen atoms in total. The lowest BCUT2D eigenvalue weighted by atomic mass is 9.93. The molecule has 1 aliphatic carbocycles.